The molecule has 0 aromatic heterocycles. The highest BCUT2D eigenvalue weighted by atomic mass is 32.2. The van der Waals surface area contributed by atoms with E-state index in [1.807, 2.05) is 6.07 Å². The van der Waals surface area contributed by atoms with Crippen molar-refractivity contribution >= 4 is 16.0 Å². The Balaban J connectivity index is 2.07. The first-order valence-corrected chi connectivity index (χ1v) is 8.39. The van der Waals surface area contributed by atoms with E-state index < -0.39 is 27.3 Å². The van der Waals surface area contributed by atoms with E-state index >= 15 is 0 Å². The van der Waals surface area contributed by atoms with E-state index in [0.29, 0.717) is 19.4 Å². The lowest BCUT2D eigenvalue weighted by Gasteiger charge is -2.24. The first kappa shape index (κ1) is 15.9. The molecular formula is C14H19NO5S. The van der Waals surface area contributed by atoms with Crippen molar-refractivity contribution in [2.24, 2.45) is 0 Å². The Hall–Kier alpha value is -1.44. The summed E-state index contributed by atoms with van der Waals surface area (Å²) >= 11 is 0. The molecule has 1 aromatic carbocycles. The van der Waals surface area contributed by atoms with E-state index in [1.165, 1.54) is 0 Å². The van der Waals surface area contributed by atoms with Crippen molar-refractivity contribution < 1.29 is 23.1 Å². The van der Waals surface area contributed by atoms with Gasteiger partial charge in [-0.15, -0.1) is 0 Å². The fourth-order valence-corrected chi connectivity index (χ4v) is 3.81. The van der Waals surface area contributed by atoms with Crippen LogP contribution in [-0.2, 0) is 26.0 Å². The van der Waals surface area contributed by atoms with Crippen molar-refractivity contribution in [1.82, 2.24) is 4.72 Å². The van der Waals surface area contributed by atoms with Crippen LogP contribution in [0.25, 0.3) is 0 Å². The molecule has 7 heteroatoms. The first-order valence-electron chi connectivity index (χ1n) is 6.84. The van der Waals surface area contributed by atoms with Crippen molar-refractivity contribution in [2.75, 3.05) is 13.2 Å². The Morgan fingerprint density at radius 3 is 2.67 bits per heavy atom. The van der Waals surface area contributed by atoms with Gasteiger partial charge in [-0.1, -0.05) is 30.3 Å². The van der Waals surface area contributed by atoms with E-state index in [2.05, 4.69) is 4.72 Å². The zero-order valence-electron chi connectivity index (χ0n) is 11.6. The molecule has 1 saturated heterocycles. The summed E-state index contributed by atoms with van der Waals surface area (Å²) in [7, 11) is -3.70. The van der Waals surface area contributed by atoms with Crippen LogP contribution in [0.5, 0.6) is 0 Å². The largest absolute Gasteiger partial charge is 0.480 e. The number of carboxylic acid groups (broad SMARTS) is 1. The number of sulfonamides is 1. The molecule has 0 spiro atoms. The molecule has 2 atom stereocenters. The number of rotatable bonds is 6. The summed E-state index contributed by atoms with van der Waals surface area (Å²) in [5.41, 5.74) is 0.771. The summed E-state index contributed by atoms with van der Waals surface area (Å²) in [6.45, 7) is 0.672. The Kier molecular flexibility index (Phi) is 5.33. The number of ether oxygens (including phenoxy) is 1. The molecule has 1 aromatic rings. The molecule has 21 heavy (non-hydrogen) atoms. The van der Waals surface area contributed by atoms with Gasteiger partial charge in [-0.3, -0.25) is 4.79 Å². The Morgan fingerprint density at radius 2 is 2.10 bits per heavy atom. The van der Waals surface area contributed by atoms with Crippen LogP contribution in [-0.4, -0.2) is 44.0 Å². The monoisotopic (exact) mass is 313 g/mol. The molecule has 0 saturated carbocycles. The van der Waals surface area contributed by atoms with E-state index in [1.54, 1.807) is 24.3 Å². The predicted octanol–water partition coefficient (Wildman–Crippen LogP) is 0.781. The SMILES string of the molecule is O=C(O)[C@H](Cc1ccccc1)NS(=O)(=O)C1CCCOC1. The fourth-order valence-electron chi connectivity index (χ4n) is 2.28. The lowest BCUT2D eigenvalue weighted by atomic mass is 10.1. The van der Waals surface area contributed by atoms with Crippen molar-refractivity contribution in [1.29, 1.82) is 0 Å². The van der Waals surface area contributed by atoms with E-state index in [9.17, 15) is 18.3 Å². The molecule has 1 aliphatic rings. The van der Waals surface area contributed by atoms with E-state index in [-0.39, 0.29) is 13.0 Å². The lowest BCUT2D eigenvalue weighted by Crippen LogP contribution is -2.48. The standard InChI is InChI=1S/C14H19NO5S/c16-14(17)13(9-11-5-2-1-3-6-11)15-21(18,19)12-7-4-8-20-10-12/h1-3,5-6,12-13,15H,4,7-10H2,(H,16,17)/t12?,13-/m0/s1. The number of carboxylic acids is 1. The van der Waals surface area contributed by atoms with Gasteiger partial charge in [0.25, 0.3) is 0 Å². The number of hydrogen-bond donors (Lipinski definition) is 2. The molecule has 6 nitrogen and oxygen atoms in total. The number of carbonyl (C=O) groups is 1. The summed E-state index contributed by atoms with van der Waals surface area (Å²) in [5.74, 6) is -1.18. The summed E-state index contributed by atoms with van der Waals surface area (Å²) in [4.78, 5) is 11.3. The van der Waals surface area contributed by atoms with Gasteiger partial charge < -0.3 is 9.84 Å². The maximum absolute atomic E-state index is 12.2. The maximum atomic E-state index is 12.2. The summed E-state index contributed by atoms with van der Waals surface area (Å²) in [5, 5.41) is 8.56. The van der Waals surface area contributed by atoms with Crippen LogP contribution in [0, 0.1) is 0 Å². The average Bonchev–Trinajstić information content (AvgIpc) is 2.48. The van der Waals surface area contributed by atoms with Crippen LogP contribution in [0.15, 0.2) is 30.3 Å². The Labute approximate surface area is 124 Å². The molecule has 0 aliphatic carbocycles. The number of aliphatic carboxylic acids is 1. The third-order valence-electron chi connectivity index (χ3n) is 3.44. The Bertz CT molecular complexity index is 566. The minimum absolute atomic E-state index is 0.114. The van der Waals surface area contributed by atoms with Crippen LogP contribution in [0.4, 0.5) is 0 Å². The lowest BCUT2D eigenvalue weighted by molar-refractivity contribution is -0.138. The number of nitrogens with one attached hydrogen (secondary N) is 1. The second-order valence-electron chi connectivity index (χ2n) is 5.08. The average molecular weight is 313 g/mol. The van der Waals surface area contributed by atoms with Gasteiger partial charge in [0.1, 0.15) is 6.04 Å². The van der Waals surface area contributed by atoms with Gasteiger partial charge in [0.2, 0.25) is 10.0 Å². The molecule has 2 N–H and O–H groups in total. The molecule has 116 valence electrons. The fraction of sp³-hybridized carbons (Fsp3) is 0.500. The molecule has 1 fully saturated rings. The van der Waals surface area contributed by atoms with Gasteiger partial charge in [-0.05, 0) is 24.8 Å². The smallest absolute Gasteiger partial charge is 0.322 e. The highest BCUT2D eigenvalue weighted by molar-refractivity contribution is 7.90. The van der Waals surface area contributed by atoms with E-state index in [4.69, 9.17) is 4.74 Å². The van der Waals surface area contributed by atoms with Crippen LogP contribution in [0.1, 0.15) is 18.4 Å². The molecular weight excluding hydrogens is 294 g/mol. The van der Waals surface area contributed by atoms with Crippen molar-refractivity contribution in [3.63, 3.8) is 0 Å². The van der Waals surface area contributed by atoms with Crippen LogP contribution < -0.4 is 4.72 Å². The Morgan fingerprint density at radius 1 is 1.38 bits per heavy atom. The maximum Gasteiger partial charge on any atom is 0.322 e. The van der Waals surface area contributed by atoms with Gasteiger partial charge in [0.15, 0.2) is 0 Å². The van der Waals surface area contributed by atoms with Crippen LogP contribution in [0.2, 0.25) is 0 Å². The van der Waals surface area contributed by atoms with Gasteiger partial charge in [-0.2, -0.15) is 0 Å². The topological polar surface area (TPSA) is 92.7 Å². The zero-order valence-corrected chi connectivity index (χ0v) is 12.4. The molecule has 1 heterocycles. The second-order valence-corrected chi connectivity index (χ2v) is 7.07. The van der Waals surface area contributed by atoms with Crippen molar-refractivity contribution in [3.05, 3.63) is 35.9 Å². The number of hydrogen-bond acceptors (Lipinski definition) is 4. The van der Waals surface area contributed by atoms with Gasteiger partial charge in [0, 0.05) is 6.61 Å². The van der Waals surface area contributed by atoms with Crippen LogP contribution >= 0.6 is 0 Å². The van der Waals surface area contributed by atoms with Crippen molar-refractivity contribution in [2.45, 2.75) is 30.6 Å². The van der Waals surface area contributed by atoms with Gasteiger partial charge in [-0.25, -0.2) is 13.1 Å². The van der Waals surface area contributed by atoms with Crippen molar-refractivity contribution in [3.8, 4) is 0 Å². The third kappa shape index (κ3) is 4.52. The first-order chi connectivity index (χ1) is 9.99. The van der Waals surface area contributed by atoms with Gasteiger partial charge in [0.05, 0.1) is 11.9 Å². The zero-order chi connectivity index (χ0) is 15.3. The third-order valence-corrected chi connectivity index (χ3v) is 5.31. The summed E-state index contributed by atoms with van der Waals surface area (Å²) < 4.78 is 31.9. The predicted molar refractivity (Wildman–Crippen MR) is 77.5 cm³/mol. The molecule has 0 amide bonds. The molecule has 2 rings (SSSR count). The number of benzene rings is 1. The summed E-state index contributed by atoms with van der Waals surface area (Å²) in [6.07, 6.45) is 1.28. The minimum Gasteiger partial charge on any atom is -0.480 e. The molecule has 1 unspecified atom stereocenters. The quantitative estimate of drug-likeness (QED) is 0.809. The molecule has 0 bridgehead atoms. The van der Waals surface area contributed by atoms with Crippen LogP contribution in [0.3, 0.4) is 0 Å². The second kappa shape index (κ2) is 7.02. The highest BCUT2D eigenvalue weighted by Gasteiger charge is 2.32. The molecule has 1 aliphatic heterocycles. The van der Waals surface area contributed by atoms with E-state index in [0.717, 1.165) is 5.56 Å². The summed E-state index contributed by atoms with van der Waals surface area (Å²) in [6, 6.07) is 7.78. The highest BCUT2D eigenvalue weighted by Crippen LogP contribution is 2.15. The normalized spacial score (nSPS) is 20.9. The minimum atomic E-state index is -3.70. The van der Waals surface area contributed by atoms with Gasteiger partial charge >= 0.3 is 5.97 Å². The molecule has 0 radical (unpaired) electrons.